The fourth-order valence-corrected chi connectivity index (χ4v) is 2.42. The van der Waals surface area contributed by atoms with E-state index in [4.69, 9.17) is 15.7 Å². The van der Waals surface area contributed by atoms with Crippen LogP contribution in [0.1, 0.15) is 35.8 Å². The zero-order valence-electron chi connectivity index (χ0n) is 13.5. The molecular weight excluding hydrogens is 353 g/mol. The van der Waals surface area contributed by atoms with Gasteiger partial charge in [0.15, 0.2) is 0 Å². The van der Waals surface area contributed by atoms with E-state index in [9.17, 15) is 4.79 Å². The smallest absolute Gasteiger partial charge is 0.270 e. The lowest BCUT2D eigenvalue weighted by atomic mass is 9.98. The van der Waals surface area contributed by atoms with Crippen molar-refractivity contribution < 1.29 is 9.53 Å². The average molecular weight is 376 g/mol. The largest absolute Gasteiger partial charge is 0.477 e. The molecule has 1 fully saturated rings. The average Bonchev–Trinajstić information content (AvgIpc) is 2.53. The zero-order chi connectivity index (χ0) is 15.9. The van der Waals surface area contributed by atoms with Crippen LogP contribution in [0.4, 0.5) is 5.69 Å². The second-order valence-electron chi connectivity index (χ2n) is 5.23. The molecule has 2 rings (SSSR count). The first-order chi connectivity index (χ1) is 10.7. The van der Waals surface area contributed by atoms with Crippen LogP contribution in [0, 0.1) is 17.2 Å². The highest BCUT2D eigenvalue weighted by atomic mass is 35.5. The van der Waals surface area contributed by atoms with E-state index in [1.54, 1.807) is 6.92 Å². The number of amides is 1. The number of anilines is 1. The quantitative estimate of drug-likeness (QED) is 0.718. The monoisotopic (exact) mass is 375 g/mol. The second kappa shape index (κ2) is 10.9. The second-order valence-corrected chi connectivity index (χ2v) is 5.23. The Labute approximate surface area is 154 Å². The van der Waals surface area contributed by atoms with Gasteiger partial charge in [-0.1, -0.05) is 0 Å². The number of rotatable bonds is 5. The van der Waals surface area contributed by atoms with Gasteiger partial charge >= 0.3 is 0 Å². The number of nitriles is 1. The topological polar surface area (TPSA) is 113 Å². The summed E-state index contributed by atoms with van der Waals surface area (Å²) in [6, 6.07) is 3.36. The van der Waals surface area contributed by atoms with Crippen LogP contribution >= 0.6 is 24.8 Å². The van der Waals surface area contributed by atoms with Gasteiger partial charge in [0.25, 0.3) is 5.91 Å². The molecule has 0 bridgehead atoms. The minimum atomic E-state index is -0.296. The van der Waals surface area contributed by atoms with E-state index in [0.29, 0.717) is 19.1 Å². The molecule has 7 nitrogen and oxygen atoms in total. The Bertz CT molecular complexity index is 586. The third-order valence-corrected chi connectivity index (χ3v) is 3.65. The lowest BCUT2D eigenvalue weighted by molar-refractivity contribution is 0.0938. The highest BCUT2D eigenvalue weighted by Gasteiger charge is 2.18. The number of ether oxygens (including phenoxy) is 1. The number of nitrogen functional groups attached to an aromatic ring is 1. The Hall–Kier alpha value is -1.75. The van der Waals surface area contributed by atoms with Crippen LogP contribution in [0.25, 0.3) is 0 Å². The summed E-state index contributed by atoms with van der Waals surface area (Å²) in [5, 5.41) is 15.2. The summed E-state index contributed by atoms with van der Waals surface area (Å²) in [7, 11) is 0. The number of carbonyl (C=O) groups excluding carboxylic acids is 1. The molecule has 134 valence electrons. The Morgan fingerprint density at radius 3 is 2.75 bits per heavy atom. The standard InChI is InChI=1S/C15H21N5O2.2ClH/c1-2-22-15-11(8-16)12(17)7-13(20-15)14(21)19-9-10-3-5-18-6-4-10;;/h7,10,18H,2-6,9H2,1H3,(H2,17,20)(H,19,21);2*1H. The maximum atomic E-state index is 12.2. The van der Waals surface area contributed by atoms with Crippen LogP contribution in [-0.4, -0.2) is 37.1 Å². The van der Waals surface area contributed by atoms with E-state index in [1.807, 2.05) is 6.07 Å². The Morgan fingerprint density at radius 2 is 2.17 bits per heavy atom. The van der Waals surface area contributed by atoms with Crippen molar-refractivity contribution in [1.82, 2.24) is 15.6 Å². The van der Waals surface area contributed by atoms with Crippen molar-refractivity contribution in [3.63, 3.8) is 0 Å². The number of nitrogens with zero attached hydrogens (tertiary/aromatic N) is 2. The predicted molar refractivity (Wildman–Crippen MR) is 97.0 cm³/mol. The van der Waals surface area contributed by atoms with Crippen molar-refractivity contribution in [1.29, 1.82) is 5.26 Å². The van der Waals surface area contributed by atoms with Crippen LogP contribution in [0.15, 0.2) is 6.07 Å². The van der Waals surface area contributed by atoms with Crippen molar-refractivity contribution in [3.8, 4) is 11.9 Å². The van der Waals surface area contributed by atoms with E-state index in [-0.39, 0.29) is 53.5 Å². The first kappa shape index (κ1) is 22.2. The summed E-state index contributed by atoms with van der Waals surface area (Å²) in [6.45, 7) is 4.71. The van der Waals surface area contributed by atoms with Gasteiger partial charge in [0.2, 0.25) is 5.88 Å². The molecule has 0 unspecified atom stereocenters. The van der Waals surface area contributed by atoms with Gasteiger partial charge < -0.3 is 21.1 Å². The minimum absolute atomic E-state index is 0. The lowest BCUT2D eigenvalue weighted by Crippen LogP contribution is -2.36. The fraction of sp³-hybridized carbons (Fsp3) is 0.533. The maximum Gasteiger partial charge on any atom is 0.270 e. The summed E-state index contributed by atoms with van der Waals surface area (Å²) in [4.78, 5) is 16.3. The van der Waals surface area contributed by atoms with Crippen molar-refractivity contribution in [2.45, 2.75) is 19.8 Å². The van der Waals surface area contributed by atoms with Gasteiger partial charge in [0, 0.05) is 6.54 Å². The molecule has 1 aromatic rings. The minimum Gasteiger partial charge on any atom is -0.477 e. The molecule has 0 atom stereocenters. The van der Waals surface area contributed by atoms with Crippen molar-refractivity contribution in [2.24, 2.45) is 5.92 Å². The molecule has 4 N–H and O–H groups in total. The van der Waals surface area contributed by atoms with Gasteiger partial charge in [-0.25, -0.2) is 4.98 Å². The molecule has 1 aliphatic rings. The van der Waals surface area contributed by atoms with Crippen molar-refractivity contribution in [3.05, 3.63) is 17.3 Å². The van der Waals surface area contributed by atoms with E-state index in [2.05, 4.69) is 15.6 Å². The van der Waals surface area contributed by atoms with Gasteiger partial charge in [-0.05, 0) is 44.8 Å². The number of halogens is 2. The van der Waals surface area contributed by atoms with Crippen molar-refractivity contribution >= 4 is 36.4 Å². The molecule has 0 radical (unpaired) electrons. The molecule has 1 amide bonds. The van der Waals surface area contributed by atoms with E-state index in [1.165, 1.54) is 6.07 Å². The molecule has 0 aromatic carbocycles. The number of nitrogens with one attached hydrogen (secondary N) is 2. The van der Waals surface area contributed by atoms with Gasteiger partial charge in [0.1, 0.15) is 17.3 Å². The predicted octanol–water partition coefficient (Wildman–Crippen LogP) is 1.51. The van der Waals surface area contributed by atoms with Crippen LogP contribution in [0.2, 0.25) is 0 Å². The fourth-order valence-electron chi connectivity index (χ4n) is 2.42. The van der Waals surface area contributed by atoms with Gasteiger partial charge in [-0.2, -0.15) is 5.26 Å². The van der Waals surface area contributed by atoms with E-state index in [0.717, 1.165) is 25.9 Å². The highest BCUT2D eigenvalue weighted by Crippen LogP contribution is 2.22. The Kier molecular flexibility index (Phi) is 10.1. The number of aromatic nitrogens is 1. The third kappa shape index (κ3) is 5.71. The molecule has 1 saturated heterocycles. The van der Waals surface area contributed by atoms with Gasteiger partial charge in [0.05, 0.1) is 12.3 Å². The molecular formula is C15H23Cl2N5O2. The first-order valence-corrected chi connectivity index (χ1v) is 7.48. The Morgan fingerprint density at radius 1 is 1.50 bits per heavy atom. The zero-order valence-corrected chi connectivity index (χ0v) is 15.1. The summed E-state index contributed by atoms with van der Waals surface area (Å²) >= 11 is 0. The number of hydrogen-bond acceptors (Lipinski definition) is 6. The van der Waals surface area contributed by atoms with Crippen LogP contribution in [0.5, 0.6) is 5.88 Å². The summed E-state index contributed by atoms with van der Waals surface area (Å²) in [6.07, 6.45) is 2.10. The lowest BCUT2D eigenvalue weighted by Gasteiger charge is -2.22. The third-order valence-electron chi connectivity index (χ3n) is 3.65. The number of hydrogen-bond donors (Lipinski definition) is 3. The maximum absolute atomic E-state index is 12.2. The molecule has 1 aliphatic heterocycles. The van der Waals surface area contributed by atoms with Crippen molar-refractivity contribution in [2.75, 3.05) is 32.0 Å². The Balaban J connectivity index is 0.00000264. The molecule has 1 aromatic heterocycles. The van der Waals surface area contributed by atoms with Crippen LogP contribution in [0.3, 0.4) is 0 Å². The molecule has 9 heteroatoms. The van der Waals surface area contributed by atoms with Gasteiger partial charge in [-0.15, -0.1) is 24.8 Å². The number of pyridine rings is 1. The van der Waals surface area contributed by atoms with Crippen LogP contribution in [-0.2, 0) is 0 Å². The molecule has 0 saturated carbocycles. The highest BCUT2D eigenvalue weighted by molar-refractivity contribution is 5.93. The normalized spacial score (nSPS) is 13.8. The van der Waals surface area contributed by atoms with E-state index < -0.39 is 0 Å². The summed E-state index contributed by atoms with van der Waals surface area (Å²) in [5.74, 6) is 0.292. The van der Waals surface area contributed by atoms with E-state index >= 15 is 0 Å². The molecule has 24 heavy (non-hydrogen) atoms. The number of piperidine rings is 1. The number of carbonyl (C=O) groups is 1. The summed E-state index contributed by atoms with van der Waals surface area (Å²) in [5.41, 5.74) is 6.35. The SMILES string of the molecule is CCOc1nc(C(=O)NCC2CCNCC2)cc(N)c1C#N.Cl.Cl. The van der Waals surface area contributed by atoms with Gasteiger partial charge in [-0.3, -0.25) is 4.79 Å². The first-order valence-electron chi connectivity index (χ1n) is 7.48. The number of nitrogens with two attached hydrogens (primary N) is 1. The summed E-state index contributed by atoms with van der Waals surface area (Å²) < 4.78 is 5.29. The van der Waals surface area contributed by atoms with Crippen LogP contribution < -0.4 is 21.1 Å². The molecule has 0 spiro atoms. The molecule has 2 heterocycles. The molecule has 0 aliphatic carbocycles.